The fraction of sp³-hybridized carbons (Fsp3) is 0.125. The number of fused-ring (bicyclic) bond motifs is 1. The number of thioether (sulfide) groups is 1. The molecule has 0 amide bonds. The molecule has 0 N–H and O–H groups in total. The first-order valence-electron chi connectivity index (χ1n) is 6.62. The van der Waals surface area contributed by atoms with E-state index in [4.69, 9.17) is 0 Å². The van der Waals surface area contributed by atoms with E-state index in [1.807, 2.05) is 48.5 Å². The summed E-state index contributed by atoms with van der Waals surface area (Å²) in [5, 5.41) is 0.729. The molecule has 0 saturated heterocycles. The molecule has 0 unspecified atom stereocenters. The smallest absolute Gasteiger partial charge is 0.228 e. The fourth-order valence-electron chi connectivity index (χ4n) is 2.20. The number of para-hydroxylation sites is 2. The van der Waals surface area contributed by atoms with Crippen molar-refractivity contribution in [3.63, 3.8) is 0 Å². The molecule has 0 radical (unpaired) electrons. The lowest BCUT2D eigenvalue weighted by Crippen LogP contribution is -2.00. The highest BCUT2D eigenvalue weighted by molar-refractivity contribution is 9.10. The summed E-state index contributed by atoms with van der Waals surface area (Å²) in [5.74, 6) is 0. The lowest BCUT2D eigenvalue weighted by Gasteiger charge is -2.05. The monoisotopic (exact) mass is 360 g/mol. The van der Waals surface area contributed by atoms with Gasteiger partial charge in [-0.15, -0.1) is 0 Å². The number of aryl methyl sites for hydroxylation is 1. The Kier molecular flexibility index (Phi) is 4.12. The number of carbonyl (C=O) groups is 1. The summed E-state index contributed by atoms with van der Waals surface area (Å²) in [6.07, 6.45) is 0. The van der Waals surface area contributed by atoms with E-state index in [9.17, 15) is 4.79 Å². The van der Waals surface area contributed by atoms with Gasteiger partial charge in [0.05, 0.1) is 11.0 Å². The van der Waals surface area contributed by atoms with Crippen molar-refractivity contribution in [2.75, 3.05) is 0 Å². The zero-order valence-corrected chi connectivity index (χ0v) is 13.8. The number of hydrogen-bond donors (Lipinski definition) is 0. The molecule has 106 valence electrons. The molecule has 0 fully saturated rings. The van der Waals surface area contributed by atoms with Crippen LogP contribution in [0.15, 0.2) is 58.2 Å². The second kappa shape index (κ2) is 6.03. The quantitative estimate of drug-likeness (QED) is 0.632. The molecule has 3 rings (SSSR count). The Bertz CT molecular complexity index is 813. The van der Waals surface area contributed by atoms with Gasteiger partial charge in [-0.1, -0.05) is 40.2 Å². The molecule has 0 bridgehead atoms. The average molecular weight is 361 g/mol. The van der Waals surface area contributed by atoms with Crippen LogP contribution in [0.25, 0.3) is 11.0 Å². The van der Waals surface area contributed by atoms with Crippen molar-refractivity contribution in [1.29, 1.82) is 0 Å². The van der Waals surface area contributed by atoms with Gasteiger partial charge in [0.1, 0.15) is 0 Å². The molecule has 0 aliphatic rings. The summed E-state index contributed by atoms with van der Waals surface area (Å²) < 4.78 is 2.87. The van der Waals surface area contributed by atoms with Crippen LogP contribution in [0, 0.1) is 0 Å². The lowest BCUT2D eigenvalue weighted by atomic mass is 10.2. The van der Waals surface area contributed by atoms with Crippen LogP contribution in [0.3, 0.4) is 0 Å². The Morgan fingerprint density at radius 3 is 2.67 bits per heavy atom. The van der Waals surface area contributed by atoms with Crippen molar-refractivity contribution in [2.45, 2.75) is 18.6 Å². The van der Waals surface area contributed by atoms with Crippen molar-refractivity contribution in [3.8, 4) is 0 Å². The maximum absolute atomic E-state index is 12.5. The van der Waals surface area contributed by atoms with Crippen molar-refractivity contribution >= 4 is 43.8 Å². The van der Waals surface area contributed by atoms with E-state index in [-0.39, 0.29) is 5.12 Å². The molecule has 0 aliphatic carbocycles. The molecule has 1 heterocycles. The van der Waals surface area contributed by atoms with Gasteiger partial charge in [0.15, 0.2) is 5.16 Å². The first-order valence-corrected chi connectivity index (χ1v) is 8.23. The van der Waals surface area contributed by atoms with E-state index >= 15 is 0 Å². The van der Waals surface area contributed by atoms with Crippen LogP contribution in [-0.2, 0) is 6.54 Å². The van der Waals surface area contributed by atoms with Crippen molar-refractivity contribution in [3.05, 3.63) is 58.6 Å². The molecular weight excluding hydrogens is 348 g/mol. The molecular formula is C16H13BrN2OS. The molecule has 1 aromatic heterocycles. The van der Waals surface area contributed by atoms with E-state index in [0.717, 1.165) is 27.2 Å². The van der Waals surface area contributed by atoms with Crippen molar-refractivity contribution in [1.82, 2.24) is 9.55 Å². The Morgan fingerprint density at radius 2 is 1.90 bits per heavy atom. The lowest BCUT2D eigenvalue weighted by molar-refractivity contribution is 0.108. The second-order valence-electron chi connectivity index (χ2n) is 4.50. The molecule has 0 aliphatic heterocycles. The summed E-state index contributed by atoms with van der Waals surface area (Å²) in [7, 11) is 0. The normalized spacial score (nSPS) is 11.0. The first-order chi connectivity index (χ1) is 10.2. The SMILES string of the molecule is CCn1c(SC(=O)c2ccccc2Br)nc2ccccc21. The predicted molar refractivity (Wildman–Crippen MR) is 89.7 cm³/mol. The summed E-state index contributed by atoms with van der Waals surface area (Å²) in [6, 6.07) is 15.4. The molecule has 0 spiro atoms. The summed E-state index contributed by atoms with van der Waals surface area (Å²) in [6.45, 7) is 2.84. The number of nitrogens with zero attached hydrogens (tertiary/aromatic N) is 2. The molecule has 5 heteroatoms. The number of aromatic nitrogens is 2. The maximum Gasteiger partial charge on any atom is 0.228 e. The Balaban J connectivity index is 1.98. The maximum atomic E-state index is 12.5. The summed E-state index contributed by atoms with van der Waals surface area (Å²) in [4.78, 5) is 17.0. The van der Waals surface area contributed by atoms with E-state index < -0.39 is 0 Å². The number of halogens is 1. The number of benzene rings is 2. The van der Waals surface area contributed by atoms with Crippen molar-refractivity contribution < 1.29 is 4.79 Å². The van der Waals surface area contributed by atoms with E-state index in [1.54, 1.807) is 0 Å². The minimum atomic E-state index is -0.00696. The topological polar surface area (TPSA) is 34.9 Å². The third kappa shape index (κ3) is 2.76. The Labute approximate surface area is 135 Å². The van der Waals surface area contributed by atoms with Crippen LogP contribution in [-0.4, -0.2) is 14.7 Å². The number of rotatable bonds is 3. The average Bonchev–Trinajstić information content (AvgIpc) is 2.84. The molecule has 0 saturated carbocycles. The van der Waals surface area contributed by atoms with Gasteiger partial charge < -0.3 is 4.57 Å². The predicted octanol–water partition coefficient (Wildman–Crippen LogP) is 4.75. The highest BCUT2D eigenvalue weighted by Crippen LogP contribution is 2.29. The van der Waals surface area contributed by atoms with E-state index in [1.165, 1.54) is 11.8 Å². The number of carbonyl (C=O) groups excluding carboxylic acids is 1. The van der Waals surface area contributed by atoms with Crippen LogP contribution in [0.5, 0.6) is 0 Å². The molecule has 3 nitrogen and oxygen atoms in total. The largest absolute Gasteiger partial charge is 0.319 e. The second-order valence-corrected chi connectivity index (χ2v) is 6.29. The fourth-order valence-corrected chi connectivity index (χ4v) is 3.73. The summed E-state index contributed by atoms with van der Waals surface area (Å²) >= 11 is 4.59. The number of hydrogen-bond acceptors (Lipinski definition) is 3. The third-order valence-corrected chi connectivity index (χ3v) is 4.80. The van der Waals surface area contributed by atoms with Gasteiger partial charge in [-0.3, -0.25) is 4.79 Å². The Morgan fingerprint density at radius 1 is 1.19 bits per heavy atom. The van der Waals surface area contributed by atoms with Gasteiger partial charge in [0, 0.05) is 16.6 Å². The molecule has 3 aromatic rings. The molecule has 0 atom stereocenters. The van der Waals surface area contributed by atoms with Crippen LogP contribution in [0.2, 0.25) is 0 Å². The highest BCUT2D eigenvalue weighted by Gasteiger charge is 2.16. The minimum absolute atomic E-state index is 0.00696. The van der Waals surface area contributed by atoms with E-state index in [2.05, 4.69) is 32.4 Å². The standard InChI is InChI=1S/C16H13BrN2OS/c1-2-19-14-10-6-5-9-13(14)18-16(19)21-15(20)11-7-3-4-8-12(11)17/h3-10H,2H2,1H3. The molecule has 21 heavy (non-hydrogen) atoms. The Hall–Kier alpha value is -1.59. The van der Waals surface area contributed by atoms with Gasteiger partial charge in [-0.2, -0.15) is 0 Å². The zero-order chi connectivity index (χ0) is 14.8. The summed E-state index contributed by atoms with van der Waals surface area (Å²) in [5.41, 5.74) is 2.64. The zero-order valence-electron chi connectivity index (χ0n) is 11.4. The van der Waals surface area contributed by atoms with Gasteiger partial charge >= 0.3 is 0 Å². The van der Waals surface area contributed by atoms with Gasteiger partial charge in [-0.05, 0) is 43.0 Å². The number of imidazole rings is 1. The van der Waals surface area contributed by atoms with Gasteiger partial charge in [0.2, 0.25) is 5.12 Å². The third-order valence-electron chi connectivity index (χ3n) is 3.21. The van der Waals surface area contributed by atoms with Crippen LogP contribution < -0.4 is 0 Å². The van der Waals surface area contributed by atoms with Crippen LogP contribution in [0.4, 0.5) is 0 Å². The van der Waals surface area contributed by atoms with Crippen LogP contribution >= 0.6 is 27.7 Å². The first kappa shape index (κ1) is 14.4. The highest BCUT2D eigenvalue weighted by atomic mass is 79.9. The van der Waals surface area contributed by atoms with E-state index in [0.29, 0.717) is 5.56 Å². The van der Waals surface area contributed by atoms with Gasteiger partial charge in [0.25, 0.3) is 0 Å². The molecule has 2 aromatic carbocycles. The van der Waals surface area contributed by atoms with Crippen molar-refractivity contribution in [2.24, 2.45) is 0 Å². The minimum Gasteiger partial charge on any atom is -0.319 e. The van der Waals surface area contributed by atoms with Gasteiger partial charge in [-0.25, -0.2) is 4.98 Å². The van der Waals surface area contributed by atoms with Crippen LogP contribution in [0.1, 0.15) is 17.3 Å².